The normalized spacial score (nSPS) is 11.1. The van der Waals surface area contributed by atoms with Gasteiger partial charge in [-0.1, -0.05) is 36.4 Å². The molecule has 2 aromatic carbocycles. The van der Waals surface area contributed by atoms with Gasteiger partial charge in [-0.05, 0) is 23.8 Å². The van der Waals surface area contributed by atoms with Crippen molar-refractivity contribution >= 4 is 18.1 Å². The Kier molecular flexibility index (Phi) is 5.68. The summed E-state index contributed by atoms with van der Waals surface area (Å²) in [5.41, 5.74) is 1.09. The average Bonchev–Trinajstić information content (AvgIpc) is 2.58. The summed E-state index contributed by atoms with van der Waals surface area (Å²) >= 11 is 0. The van der Waals surface area contributed by atoms with Gasteiger partial charge in [0, 0.05) is 5.56 Å². The predicted octanol–water partition coefficient (Wildman–Crippen LogP) is 3.54. The summed E-state index contributed by atoms with van der Waals surface area (Å²) in [5.74, 6) is -1.12. The minimum Gasteiger partial charge on any atom is -0.504 e. The lowest BCUT2D eigenvalue weighted by Gasteiger charge is -2.09. The minimum absolute atomic E-state index is 0.0458. The quantitative estimate of drug-likeness (QED) is 0.695. The van der Waals surface area contributed by atoms with Crippen LogP contribution in [-0.4, -0.2) is 35.5 Å². The fraction of sp³-hybridized carbons (Fsp3) is 0.105. The van der Waals surface area contributed by atoms with Crippen LogP contribution in [-0.2, 0) is 0 Å². The van der Waals surface area contributed by atoms with E-state index in [1.165, 1.54) is 20.3 Å². The number of hydrogen-bond acceptors (Lipinski definition) is 5. The van der Waals surface area contributed by atoms with Gasteiger partial charge in [-0.3, -0.25) is 0 Å². The summed E-state index contributed by atoms with van der Waals surface area (Å²) < 4.78 is 10.1. The summed E-state index contributed by atoms with van der Waals surface area (Å²) in [6, 6.07) is 7.87. The van der Waals surface area contributed by atoms with Gasteiger partial charge in [0.25, 0.3) is 0 Å². The van der Waals surface area contributed by atoms with Crippen LogP contribution in [0.3, 0.4) is 0 Å². The number of methoxy groups -OCH3 is 2. The minimum atomic E-state index is -1.23. The van der Waals surface area contributed by atoms with Crippen LogP contribution in [0.4, 0.5) is 0 Å². The predicted molar refractivity (Wildman–Crippen MR) is 94.3 cm³/mol. The zero-order valence-electron chi connectivity index (χ0n) is 13.8. The average molecular weight is 342 g/mol. The van der Waals surface area contributed by atoms with E-state index >= 15 is 0 Å². The molecule has 0 aliphatic rings. The first-order valence-corrected chi connectivity index (χ1v) is 7.33. The molecule has 0 saturated carbocycles. The third-order valence-corrected chi connectivity index (χ3v) is 3.47. The number of carboxylic acids is 1. The van der Waals surface area contributed by atoms with E-state index in [9.17, 15) is 15.0 Å². The first-order chi connectivity index (χ1) is 12.0. The Hall–Kier alpha value is -3.41. The van der Waals surface area contributed by atoms with Gasteiger partial charge in [0.1, 0.15) is 5.56 Å². The van der Waals surface area contributed by atoms with Crippen molar-refractivity contribution in [2.75, 3.05) is 14.2 Å². The highest BCUT2D eigenvalue weighted by atomic mass is 16.5. The number of aromatic hydroxyl groups is 2. The van der Waals surface area contributed by atoms with Crippen LogP contribution in [0, 0.1) is 0 Å². The fourth-order valence-electron chi connectivity index (χ4n) is 2.24. The highest BCUT2D eigenvalue weighted by molar-refractivity contribution is 5.92. The molecule has 6 heteroatoms. The number of ether oxygens (including phenoxy) is 2. The van der Waals surface area contributed by atoms with Gasteiger partial charge in [0.2, 0.25) is 0 Å². The molecule has 0 radical (unpaired) electrons. The van der Waals surface area contributed by atoms with Crippen molar-refractivity contribution in [2.24, 2.45) is 0 Å². The molecule has 130 valence electrons. The number of aromatic carboxylic acids is 1. The van der Waals surface area contributed by atoms with E-state index in [4.69, 9.17) is 14.6 Å². The van der Waals surface area contributed by atoms with Crippen LogP contribution in [0.15, 0.2) is 42.5 Å². The third kappa shape index (κ3) is 4.11. The van der Waals surface area contributed by atoms with Gasteiger partial charge < -0.3 is 24.8 Å². The molecule has 0 unspecified atom stereocenters. The van der Waals surface area contributed by atoms with E-state index in [0.717, 1.165) is 5.56 Å². The lowest BCUT2D eigenvalue weighted by molar-refractivity contribution is 0.0693. The summed E-state index contributed by atoms with van der Waals surface area (Å²) in [6.45, 7) is 0. The lowest BCUT2D eigenvalue weighted by Crippen LogP contribution is -1.99. The Morgan fingerprint density at radius 3 is 2.32 bits per heavy atom. The smallest absolute Gasteiger partial charge is 0.339 e. The molecule has 2 rings (SSSR count). The van der Waals surface area contributed by atoms with Gasteiger partial charge in [0.15, 0.2) is 23.0 Å². The highest BCUT2D eigenvalue weighted by Gasteiger charge is 2.16. The number of phenols is 2. The van der Waals surface area contributed by atoms with Gasteiger partial charge in [-0.25, -0.2) is 4.79 Å². The Morgan fingerprint density at radius 2 is 1.72 bits per heavy atom. The number of hydrogen-bond donors (Lipinski definition) is 3. The van der Waals surface area contributed by atoms with E-state index in [-0.39, 0.29) is 17.1 Å². The number of phenolic OH excluding ortho intramolecular Hbond substituents is 1. The van der Waals surface area contributed by atoms with E-state index in [2.05, 4.69) is 0 Å². The number of carboxylic acid groups (broad SMARTS) is 1. The first-order valence-electron chi connectivity index (χ1n) is 7.33. The van der Waals surface area contributed by atoms with Crippen LogP contribution >= 0.6 is 0 Å². The van der Waals surface area contributed by atoms with E-state index < -0.39 is 11.7 Å². The molecule has 0 bridgehead atoms. The third-order valence-electron chi connectivity index (χ3n) is 3.47. The molecule has 3 N–H and O–H groups in total. The highest BCUT2D eigenvalue weighted by Crippen LogP contribution is 2.34. The first kappa shape index (κ1) is 17.9. The van der Waals surface area contributed by atoms with E-state index in [1.807, 2.05) is 0 Å². The Morgan fingerprint density at radius 1 is 1.00 bits per heavy atom. The van der Waals surface area contributed by atoms with Crippen molar-refractivity contribution in [1.82, 2.24) is 0 Å². The maximum absolute atomic E-state index is 11.0. The molecular weight excluding hydrogens is 324 g/mol. The molecule has 0 heterocycles. The molecule has 6 nitrogen and oxygen atoms in total. The summed E-state index contributed by atoms with van der Waals surface area (Å²) in [7, 11) is 2.83. The second-order valence-electron chi connectivity index (χ2n) is 5.04. The van der Waals surface area contributed by atoms with Crippen LogP contribution in [0.5, 0.6) is 23.0 Å². The molecule has 2 aromatic rings. The van der Waals surface area contributed by atoms with Crippen molar-refractivity contribution in [3.63, 3.8) is 0 Å². The molecule has 0 atom stereocenters. The standard InChI is InChI=1S/C19H18O6/c1-24-16-10-7-12(11-15(16)20)5-3-4-6-13-8-9-14(19(22)23)17(21)18(13)25-2/h3-11,20-21H,1-2H3,(H,22,23)/b5-3+,6-4+. The summed E-state index contributed by atoms with van der Waals surface area (Å²) in [4.78, 5) is 11.0. The van der Waals surface area contributed by atoms with E-state index in [0.29, 0.717) is 11.3 Å². The van der Waals surface area contributed by atoms with Gasteiger partial charge >= 0.3 is 5.97 Å². The number of carbonyl (C=O) groups is 1. The van der Waals surface area contributed by atoms with Crippen LogP contribution in [0.2, 0.25) is 0 Å². The number of benzene rings is 2. The number of allylic oxidation sites excluding steroid dienone is 2. The summed E-state index contributed by atoms with van der Waals surface area (Å²) in [6.07, 6.45) is 6.89. The Bertz CT molecular complexity index is 836. The van der Waals surface area contributed by atoms with Crippen molar-refractivity contribution in [3.05, 3.63) is 59.2 Å². The zero-order chi connectivity index (χ0) is 18.4. The molecule has 0 aliphatic heterocycles. The molecule has 0 aromatic heterocycles. The van der Waals surface area contributed by atoms with Gasteiger partial charge in [-0.15, -0.1) is 0 Å². The van der Waals surface area contributed by atoms with Gasteiger partial charge in [0.05, 0.1) is 14.2 Å². The van der Waals surface area contributed by atoms with Crippen LogP contribution < -0.4 is 9.47 Å². The Labute approximate surface area is 144 Å². The lowest BCUT2D eigenvalue weighted by atomic mass is 10.1. The maximum Gasteiger partial charge on any atom is 0.339 e. The second-order valence-corrected chi connectivity index (χ2v) is 5.04. The second kappa shape index (κ2) is 7.92. The number of rotatable bonds is 6. The largest absolute Gasteiger partial charge is 0.504 e. The van der Waals surface area contributed by atoms with Crippen LogP contribution in [0.1, 0.15) is 21.5 Å². The van der Waals surface area contributed by atoms with Crippen molar-refractivity contribution in [1.29, 1.82) is 0 Å². The molecule has 0 amide bonds. The topological polar surface area (TPSA) is 96.2 Å². The van der Waals surface area contributed by atoms with Crippen molar-refractivity contribution in [2.45, 2.75) is 0 Å². The molecule has 0 saturated heterocycles. The monoisotopic (exact) mass is 342 g/mol. The maximum atomic E-state index is 11.0. The van der Waals surface area contributed by atoms with Gasteiger partial charge in [-0.2, -0.15) is 0 Å². The van der Waals surface area contributed by atoms with Crippen molar-refractivity contribution in [3.8, 4) is 23.0 Å². The van der Waals surface area contributed by atoms with E-state index in [1.54, 1.807) is 48.6 Å². The fourth-order valence-corrected chi connectivity index (χ4v) is 2.24. The summed E-state index contributed by atoms with van der Waals surface area (Å²) in [5, 5.41) is 28.7. The van der Waals surface area contributed by atoms with Crippen molar-refractivity contribution < 1.29 is 29.6 Å². The molecule has 0 fully saturated rings. The molecular formula is C19H18O6. The van der Waals surface area contributed by atoms with Crippen LogP contribution in [0.25, 0.3) is 12.2 Å². The molecule has 0 spiro atoms. The zero-order valence-corrected chi connectivity index (χ0v) is 13.8. The molecule has 25 heavy (non-hydrogen) atoms. The molecule has 0 aliphatic carbocycles. The Balaban J connectivity index is 2.20. The SMILES string of the molecule is COc1ccc(/C=C/C=C/c2ccc(C(=O)O)c(O)c2OC)cc1O.